The van der Waals surface area contributed by atoms with Crippen LogP contribution in [0.2, 0.25) is 0 Å². The summed E-state index contributed by atoms with van der Waals surface area (Å²) in [6.07, 6.45) is 0.0594. The van der Waals surface area contributed by atoms with Crippen LogP contribution in [0, 0.1) is 6.92 Å². The Bertz CT molecular complexity index is 584. The fourth-order valence-corrected chi connectivity index (χ4v) is 3.30. The second-order valence-corrected chi connectivity index (χ2v) is 7.35. The van der Waals surface area contributed by atoms with Gasteiger partial charge in [-0.15, -0.1) is 0 Å². The lowest BCUT2D eigenvalue weighted by Crippen LogP contribution is -2.53. The lowest BCUT2D eigenvalue weighted by molar-refractivity contribution is 0.107. The summed E-state index contributed by atoms with van der Waals surface area (Å²) in [6.45, 7) is 16.0. The summed E-state index contributed by atoms with van der Waals surface area (Å²) in [7, 11) is 1.81. The molecule has 6 nitrogen and oxygen atoms in total. The molecule has 6 heteroatoms. The number of nitrogens with one attached hydrogen (secondary N) is 2. The molecule has 1 fully saturated rings. The maximum absolute atomic E-state index is 6.02. The third kappa shape index (κ3) is 7.03. The third-order valence-corrected chi connectivity index (χ3v) is 5.24. The van der Waals surface area contributed by atoms with Crippen molar-refractivity contribution in [2.75, 3.05) is 52.9 Å². The number of benzene rings is 1. The normalized spacial score (nSPS) is 18.8. The highest BCUT2D eigenvalue weighted by molar-refractivity contribution is 5.79. The minimum absolute atomic E-state index is 0.0594. The first kappa shape index (κ1) is 21.5. The molecule has 27 heavy (non-hydrogen) atoms. The molecule has 1 aromatic rings. The van der Waals surface area contributed by atoms with E-state index in [0.29, 0.717) is 12.6 Å². The van der Waals surface area contributed by atoms with Crippen LogP contribution in [0.1, 0.15) is 26.3 Å². The van der Waals surface area contributed by atoms with E-state index in [1.807, 2.05) is 25.2 Å². The molecule has 152 valence electrons. The van der Waals surface area contributed by atoms with Gasteiger partial charge < -0.3 is 20.3 Å². The number of para-hydroxylation sites is 1. The number of piperazine rings is 1. The van der Waals surface area contributed by atoms with E-state index in [1.54, 1.807) is 0 Å². The first-order chi connectivity index (χ1) is 13.0. The molecular formula is C21H37N5O. The summed E-state index contributed by atoms with van der Waals surface area (Å²) in [5.74, 6) is 1.77. The first-order valence-corrected chi connectivity index (χ1v) is 10.2. The largest absolute Gasteiger partial charge is 0.489 e. The Hall–Kier alpha value is -1.79. The number of aliphatic imine (C=N–C) groups is 1. The van der Waals surface area contributed by atoms with E-state index in [-0.39, 0.29) is 6.10 Å². The van der Waals surface area contributed by atoms with Crippen molar-refractivity contribution in [3.8, 4) is 5.75 Å². The molecule has 1 heterocycles. The summed E-state index contributed by atoms with van der Waals surface area (Å²) < 4.78 is 6.02. The van der Waals surface area contributed by atoms with Crippen molar-refractivity contribution in [2.24, 2.45) is 4.99 Å². The van der Waals surface area contributed by atoms with Crippen molar-refractivity contribution in [3.05, 3.63) is 29.8 Å². The molecule has 0 radical (unpaired) electrons. The van der Waals surface area contributed by atoms with Crippen LogP contribution in [0.3, 0.4) is 0 Å². The van der Waals surface area contributed by atoms with Gasteiger partial charge in [0.25, 0.3) is 0 Å². The minimum atomic E-state index is 0.0594. The molecule has 0 amide bonds. The van der Waals surface area contributed by atoms with E-state index in [1.165, 1.54) is 13.1 Å². The highest BCUT2D eigenvalue weighted by atomic mass is 16.5. The molecule has 1 saturated heterocycles. The number of ether oxygens (including phenoxy) is 1. The van der Waals surface area contributed by atoms with E-state index in [9.17, 15) is 0 Å². The zero-order valence-corrected chi connectivity index (χ0v) is 17.7. The third-order valence-electron chi connectivity index (χ3n) is 5.24. The number of nitrogens with zero attached hydrogens (tertiary/aromatic N) is 3. The fraction of sp³-hybridized carbons (Fsp3) is 0.667. The average molecular weight is 376 g/mol. The smallest absolute Gasteiger partial charge is 0.191 e. The molecular weight excluding hydrogens is 338 g/mol. The summed E-state index contributed by atoms with van der Waals surface area (Å²) in [4.78, 5) is 9.40. The van der Waals surface area contributed by atoms with Crippen molar-refractivity contribution >= 4 is 5.96 Å². The maximum Gasteiger partial charge on any atom is 0.191 e. The molecule has 2 unspecified atom stereocenters. The van der Waals surface area contributed by atoms with Crippen LogP contribution in [0.15, 0.2) is 29.3 Å². The molecule has 1 aliphatic heterocycles. The standard InChI is InChI=1S/C21H37N5O/c1-6-25-11-13-26(14-12-25)18(3)15-23-21(22-5)24-16-19(4)27-20-10-8-7-9-17(20)2/h7-10,18-19H,6,11-16H2,1-5H3,(H2,22,23,24). The van der Waals surface area contributed by atoms with Crippen LogP contribution < -0.4 is 15.4 Å². The number of likely N-dealkylation sites (N-methyl/N-ethyl adjacent to an activating group) is 1. The summed E-state index contributed by atoms with van der Waals surface area (Å²) in [5.41, 5.74) is 1.16. The Morgan fingerprint density at radius 3 is 2.41 bits per heavy atom. The molecule has 2 atom stereocenters. The summed E-state index contributed by atoms with van der Waals surface area (Å²) >= 11 is 0. The van der Waals surface area contributed by atoms with E-state index in [4.69, 9.17) is 4.74 Å². The first-order valence-electron chi connectivity index (χ1n) is 10.2. The molecule has 1 aromatic carbocycles. The van der Waals surface area contributed by atoms with Gasteiger partial charge in [-0.05, 0) is 38.9 Å². The average Bonchev–Trinajstić information content (AvgIpc) is 2.69. The predicted octanol–water partition coefficient (Wildman–Crippen LogP) is 1.95. The van der Waals surface area contributed by atoms with Crippen molar-refractivity contribution in [3.63, 3.8) is 0 Å². The molecule has 2 N–H and O–H groups in total. The highest BCUT2D eigenvalue weighted by Crippen LogP contribution is 2.17. The van der Waals surface area contributed by atoms with E-state index in [0.717, 1.165) is 43.5 Å². The van der Waals surface area contributed by atoms with Gasteiger partial charge in [0.1, 0.15) is 11.9 Å². The van der Waals surface area contributed by atoms with Crippen LogP contribution in [0.4, 0.5) is 0 Å². The Kier molecular flexibility index (Phi) is 8.88. The Balaban J connectivity index is 1.70. The van der Waals surface area contributed by atoms with E-state index in [2.05, 4.69) is 59.2 Å². The Morgan fingerprint density at radius 1 is 1.11 bits per heavy atom. The SMILES string of the molecule is CCN1CCN(C(C)CNC(=NC)NCC(C)Oc2ccccc2C)CC1. The van der Waals surface area contributed by atoms with Gasteiger partial charge in [0.15, 0.2) is 5.96 Å². The lowest BCUT2D eigenvalue weighted by Gasteiger charge is -2.37. The molecule has 0 saturated carbocycles. The van der Waals surface area contributed by atoms with E-state index < -0.39 is 0 Å². The number of hydrogen-bond donors (Lipinski definition) is 2. The number of aryl methyl sites for hydroxylation is 1. The summed E-state index contributed by atoms with van der Waals surface area (Å²) in [6, 6.07) is 8.60. The van der Waals surface area contributed by atoms with Crippen LogP contribution in [0.5, 0.6) is 5.75 Å². The van der Waals surface area contributed by atoms with Gasteiger partial charge in [0, 0.05) is 45.8 Å². The van der Waals surface area contributed by atoms with Crippen molar-refractivity contribution in [1.82, 2.24) is 20.4 Å². The topological polar surface area (TPSA) is 52.1 Å². The molecule has 1 aliphatic rings. The van der Waals surface area contributed by atoms with Gasteiger partial charge in [-0.2, -0.15) is 0 Å². The Labute approximate surface area is 165 Å². The second-order valence-electron chi connectivity index (χ2n) is 7.35. The zero-order valence-electron chi connectivity index (χ0n) is 17.7. The molecule has 0 aliphatic carbocycles. The number of rotatable bonds is 8. The Morgan fingerprint density at radius 2 is 1.78 bits per heavy atom. The summed E-state index contributed by atoms with van der Waals surface area (Å²) in [5, 5.41) is 6.82. The van der Waals surface area contributed by atoms with Crippen LogP contribution in [-0.4, -0.2) is 80.8 Å². The molecule has 0 bridgehead atoms. The van der Waals surface area contributed by atoms with Crippen LogP contribution >= 0.6 is 0 Å². The van der Waals surface area contributed by atoms with Crippen molar-refractivity contribution < 1.29 is 4.74 Å². The second kappa shape index (κ2) is 11.1. The van der Waals surface area contributed by atoms with Crippen molar-refractivity contribution in [2.45, 2.75) is 39.8 Å². The van der Waals surface area contributed by atoms with Gasteiger partial charge in [-0.3, -0.25) is 9.89 Å². The molecule has 0 aromatic heterocycles. The number of guanidine groups is 1. The lowest BCUT2D eigenvalue weighted by atomic mass is 10.2. The number of hydrogen-bond acceptors (Lipinski definition) is 4. The van der Waals surface area contributed by atoms with Crippen LogP contribution in [-0.2, 0) is 0 Å². The maximum atomic E-state index is 6.02. The van der Waals surface area contributed by atoms with Gasteiger partial charge in [-0.1, -0.05) is 25.1 Å². The fourth-order valence-electron chi connectivity index (χ4n) is 3.30. The van der Waals surface area contributed by atoms with Gasteiger partial charge in [0.05, 0.1) is 6.54 Å². The van der Waals surface area contributed by atoms with Crippen LogP contribution in [0.25, 0.3) is 0 Å². The van der Waals surface area contributed by atoms with Gasteiger partial charge >= 0.3 is 0 Å². The monoisotopic (exact) mass is 375 g/mol. The highest BCUT2D eigenvalue weighted by Gasteiger charge is 2.20. The van der Waals surface area contributed by atoms with Crippen molar-refractivity contribution in [1.29, 1.82) is 0 Å². The predicted molar refractivity (Wildman–Crippen MR) is 114 cm³/mol. The zero-order chi connectivity index (χ0) is 19.6. The quantitative estimate of drug-likeness (QED) is 0.537. The molecule has 2 rings (SSSR count). The van der Waals surface area contributed by atoms with Gasteiger partial charge in [-0.25, -0.2) is 0 Å². The minimum Gasteiger partial charge on any atom is -0.489 e. The van der Waals surface area contributed by atoms with Gasteiger partial charge in [0.2, 0.25) is 0 Å². The molecule has 0 spiro atoms. The van der Waals surface area contributed by atoms with E-state index >= 15 is 0 Å².